The number of nitrogens with zero attached hydrogens (tertiary/aromatic N) is 1. The minimum atomic E-state index is -0.973. The lowest BCUT2D eigenvalue weighted by Crippen LogP contribution is -2.29. The van der Waals surface area contributed by atoms with Crippen LogP contribution >= 0.6 is 9.24 Å². The van der Waals surface area contributed by atoms with Crippen molar-refractivity contribution in [1.82, 2.24) is 0 Å². The first-order chi connectivity index (χ1) is 16.4. The third-order valence-electron chi connectivity index (χ3n) is 4.95. The van der Waals surface area contributed by atoms with Gasteiger partial charge in [-0.15, -0.1) is 9.24 Å². The number of aliphatic carboxylic acids is 1. The van der Waals surface area contributed by atoms with Crippen LogP contribution in [-0.4, -0.2) is 29.5 Å². The van der Waals surface area contributed by atoms with Gasteiger partial charge in [-0.1, -0.05) is 59.8 Å². The zero-order valence-electron chi connectivity index (χ0n) is 19.4. The monoisotopic (exact) mass is 479 g/mol. The molecule has 0 spiro atoms. The van der Waals surface area contributed by atoms with Crippen molar-refractivity contribution < 1.29 is 24.2 Å². The molecule has 3 rings (SSSR count). The molecule has 0 aliphatic carbocycles. The van der Waals surface area contributed by atoms with Crippen molar-refractivity contribution in [3.05, 3.63) is 95.1 Å². The van der Waals surface area contributed by atoms with E-state index in [4.69, 9.17) is 14.3 Å². The summed E-state index contributed by atoms with van der Waals surface area (Å²) in [6, 6.07) is 23.4. The molecule has 1 N–H and O–H groups in total. The fraction of sp³-hybridized carbons (Fsp3) is 0.259. The van der Waals surface area contributed by atoms with Crippen LogP contribution in [0.3, 0.4) is 0 Å². The number of carboxylic acid groups (broad SMARTS) is 1. The van der Waals surface area contributed by atoms with Crippen LogP contribution in [0.1, 0.15) is 36.1 Å². The number of rotatable bonds is 12. The predicted octanol–water partition coefficient (Wildman–Crippen LogP) is 4.74. The number of benzene rings is 3. The van der Waals surface area contributed by atoms with Gasteiger partial charge in [-0.3, -0.25) is 0 Å². The average molecular weight is 480 g/mol. The molecule has 0 aliphatic heterocycles. The Hall–Kier alpha value is -3.21. The van der Waals surface area contributed by atoms with Crippen LogP contribution in [0.15, 0.2) is 78.0 Å². The van der Waals surface area contributed by atoms with E-state index in [9.17, 15) is 9.90 Å². The first-order valence-electron chi connectivity index (χ1n) is 11.1. The van der Waals surface area contributed by atoms with Crippen molar-refractivity contribution in [2.75, 3.05) is 0 Å². The van der Waals surface area contributed by atoms with E-state index in [0.29, 0.717) is 13.2 Å². The lowest BCUT2D eigenvalue weighted by Gasteiger charge is -2.17. The molecule has 0 heterocycles. The molecule has 0 aromatic heterocycles. The van der Waals surface area contributed by atoms with Crippen LogP contribution in [0.5, 0.6) is 5.75 Å². The zero-order valence-corrected chi connectivity index (χ0v) is 20.5. The summed E-state index contributed by atoms with van der Waals surface area (Å²) in [4.78, 5) is 16.9. The predicted molar refractivity (Wildman–Crippen MR) is 137 cm³/mol. The Morgan fingerprint density at radius 2 is 1.65 bits per heavy atom. The summed E-state index contributed by atoms with van der Waals surface area (Å²) in [6.07, 6.45) is 0.846. The summed E-state index contributed by atoms with van der Waals surface area (Å²) < 4.78 is 11.3. The summed E-state index contributed by atoms with van der Waals surface area (Å²) in [5, 5.41) is 14.4. The van der Waals surface area contributed by atoms with Crippen molar-refractivity contribution >= 4 is 26.7 Å². The third-order valence-corrected chi connectivity index (χ3v) is 5.48. The Labute approximate surface area is 202 Å². The standard InChI is InChI=1S/C27H30NO5P/c1-19(2)33-25(27(29)30)15-22-10-13-26(34)23(14-22)16-28-32-18-21-8-11-24(12-9-21)31-17-20-6-4-3-5-7-20/h3-14,16,19,25H,15,17-18,34H2,1-2H3,(H,29,30)/b28-16+. The smallest absolute Gasteiger partial charge is 0.333 e. The molecular formula is C27H30NO5P. The van der Waals surface area contributed by atoms with Crippen molar-refractivity contribution in [1.29, 1.82) is 0 Å². The van der Waals surface area contributed by atoms with E-state index in [-0.39, 0.29) is 12.5 Å². The van der Waals surface area contributed by atoms with Crippen LogP contribution in [-0.2, 0) is 34.0 Å². The normalized spacial score (nSPS) is 12.1. The second-order valence-corrected chi connectivity index (χ2v) is 8.73. The molecule has 178 valence electrons. The van der Waals surface area contributed by atoms with Gasteiger partial charge in [-0.05, 0) is 54.0 Å². The maximum atomic E-state index is 11.5. The second kappa shape index (κ2) is 12.9. The first-order valence-corrected chi connectivity index (χ1v) is 11.7. The van der Waals surface area contributed by atoms with Crippen LogP contribution in [0, 0.1) is 0 Å². The topological polar surface area (TPSA) is 77.3 Å². The van der Waals surface area contributed by atoms with E-state index in [1.165, 1.54) is 0 Å². The van der Waals surface area contributed by atoms with Gasteiger partial charge in [-0.2, -0.15) is 0 Å². The summed E-state index contributed by atoms with van der Waals surface area (Å²) in [6.45, 7) is 4.49. The average Bonchev–Trinajstić information content (AvgIpc) is 2.83. The number of carboxylic acids is 1. The molecule has 6 nitrogen and oxygen atoms in total. The zero-order chi connectivity index (χ0) is 24.3. The fourth-order valence-corrected chi connectivity index (χ4v) is 3.48. The van der Waals surface area contributed by atoms with Gasteiger partial charge in [0.05, 0.1) is 12.3 Å². The number of ether oxygens (including phenoxy) is 2. The number of hydrogen-bond donors (Lipinski definition) is 1. The van der Waals surface area contributed by atoms with E-state index in [1.807, 2.05) is 86.6 Å². The summed E-state index contributed by atoms with van der Waals surface area (Å²) in [5.41, 5.74) is 3.78. The molecule has 0 aliphatic rings. The molecule has 0 amide bonds. The highest BCUT2D eigenvalue weighted by Crippen LogP contribution is 2.15. The van der Waals surface area contributed by atoms with Crippen molar-refractivity contribution in [2.45, 2.75) is 45.7 Å². The Balaban J connectivity index is 1.52. The molecule has 7 heteroatoms. The summed E-state index contributed by atoms with van der Waals surface area (Å²) in [7, 11) is 2.65. The molecule has 3 aromatic rings. The van der Waals surface area contributed by atoms with Crippen molar-refractivity contribution in [2.24, 2.45) is 5.16 Å². The van der Waals surface area contributed by atoms with Gasteiger partial charge < -0.3 is 19.4 Å². The lowest BCUT2D eigenvalue weighted by molar-refractivity contribution is -0.153. The number of hydrogen-bond acceptors (Lipinski definition) is 5. The molecule has 0 bridgehead atoms. The Kier molecular flexibility index (Phi) is 9.62. The number of oxime groups is 1. The summed E-state index contributed by atoms with van der Waals surface area (Å²) in [5.74, 6) is -0.180. The minimum absolute atomic E-state index is 0.166. The van der Waals surface area contributed by atoms with Crippen molar-refractivity contribution in [3.63, 3.8) is 0 Å². The number of carbonyl (C=O) groups is 1. The van der Waals surface area contributed by atoms with E-state index >= 15 is 0 Å². The molecular weight excluding hydrogens is 449 g/mol. The summed E-state index contributed by atoms with van der Waals surface area (Å²) >= 11 is 0. The third kappa shape index (κ3) is 8.29. The largest absolute Gasteiger partial charge is 0.489 e. The van der Waals surface area contributed by atoms with Crippen LogP contribution < -0.4 is 10.0 Å². The Bertz CT molecular complexity index is 1080. The Morgan fingerprint density at radius 3 is 2.32 bits per heavy atom. The Morgan fingerprint density at radius 1 is 0.971 bits per heavy atom. The van der Waals surface area contributed by atoms with Gasteiger partial charge in [-0.25, -0.2) is 4.79 Å². The quantitative estimate of drug-likeness (QED) is 0.231. The molecule has 0 fully saturated rings. The van der Waals surface area contributed by atoms with Crippen molar-refractivity contribution in [3.8, 4) is 5.75 Å². The molecule has 0 saturated carbocycles. The highest BCUT2D eigenvalue weighted by atomic mass is 31.0. The highest BCUT2D eigenvalue weighted by molar-refractivity contribution is 7.27. The molecule has 0 saturated heterocycles. The second-order valence-electron chi connectivity index (χ2n) is 8.11. The highest BCUT2D eigenvalue weighted by Gasteiger charge is 2.20. The van der Waals surface area contributed by atoms with Gasteiger partial charge >= 0.3 is 5.97 Å². The van der Waals surface area contributed by atoms with Gasteiger partial charge in [0.1, 0.15) is 19.0 Å². The fourth-order valence-electron chi connectivity index (χ4n) is 3.23. The van der Waals surface area contributed by atoms with E-state index in [2.05, 4.69) is 14.4 Å². The van der Waals surface area contributed by atoms with Gasteiger partial charge in [0.2, 0.25) is 0 Å². The molecule has 2 unspecified atom stereocenters. The van der Waals surface area contributed by atoms with Crippen LogP contribution in [0.2, 0.25) is 0 Å². The van der Waals surface area contributed by atoms with Crippen LogP contribution in [0.25, 0.3) is 0 Å². The maximum Gasteiger partial charge on any atom is 0.333 e. The molecule has 0 radical (unpaired) electrons. The first kappa shape index (κ1) is 25.4. The van der Waals surface area contributed by atoms with Gasteiger partial charge in [0.15, 0.2) is 6.10 Å². The molecule has 3 aromatic carbocycles. The maximum absolute atomic E-state index is 11.5. The van der Waals surface area contributed by atoms with Crippen LogP contribution in [0.4, 0.5) is 0 Å². The minimum Gasteiger partial charge on any atom is -0.489 e. The lowest BCUT2D eigenvalue weighted by atomic mass is 10.0. The van der Waals surface area contributed by atoms with Gasteiger partial charge in [0, 0.05) is 12.0 Å². The van der Waals surface area contributed by atoms with E-state index in [0.717, 1.165) is 33.3 Å². The van der Waals surface area contributed by atoms with E-state index in [1.54, 1.807) is 6.21 Å². The molecule has 2 atom stereocenters. The van der Waals surface area contributed by atoms with Gasteiger partial charge in [0.25, 0.3) is 0 Å². The van der Waals surface area contributed by atoms with E-state index < -0.39 is 12.1 Å². The SMILES string of the molecule is CC(C)OC(Cc1ccc(P)c(/C=N/OCc2ccc(OCc3ccccc3)cc2)c1)C(=O)O. The molecule has 34 heavy (non-hydrogen) atoms.